The fraction of sp³-hybridized carbons (Fsp3) is 0.533. The highest BCUT2D eigenvalue weighted by molar-refractivity contribution is 6.53. The second-order valence-corrected chi connectivity index (χ2v) is 7.92. The molecule has 2 aliphatic rings. The van der Waals surface area contributed by atoms with Crippen LogP contribution < -0.4 is 4.90 Å². The van der Waals surface area contributed by atoms with Gasteiger partial charge in [0.05, 0.1) is 5.41 Å². The molecule has 1 aliphatic carbocycles. The smallest absolute Gasteiger partial charge is 0.236 e. The third kappa shape index (κ3) is 2.04. The molecule has 20 heavy (non-hydrogen) atoms. The van der Waals surface area contributed by atoms with Gasteiger partial charge in [-0.15, -0.1) is 23.2 Å². The predicted octanol–water partition coefficient (Wildman–Crippen LogP) is 4.51. The van der Waals surface area contributed by atoms with Crippen LogP contribution in [0.1, 0.15) is 30.9 Å². The summed E-state index contributed by atoms with van der Waals surface area (Å²) in [7, 11) is 0. The molecule has 0 bridgehead atoms. The van der Waals surface area contributed by atoms with E-state index in [-0.39, 0.29) is 5.91 Å². The van der Waals surface area contributed by atoms with Crippen molar-refractivity contribution in [3.8, 4) is 0 Å². The van der Waals surface area contributed by atoms with Crippen LogP contribution in [0.5, 0.6) is 0 Å². The number of hydrogen-bond acceptors (Lipinski definition) is 1. The zero-order valence-corrected chi connectivity index (χ0v) is 13.7. The Kier molecular flexibility index (Phi) is 3.28. The summed E-state index contributed by atoms with van der Waals surface area (Å²) < 4.78 is -0.929. The van der Waals surface area contributed by atoms with Gasteiger partial charge in [0, 0.05) is 17.3 Å². The molecule has 0 spiro atoms. The summed E-state index contributed by atoms with van der Waals surface area (Å²) in [6.07, 6.45) is 2.40. The SMILES string of the molecule is Cc1cc(Cl)cc2c1N(C(=O)C1(C)CC1(Cl)Cl)CCC2. The van der Waals surface area contributed by atoms with E-state index in [4.69, 9.17) is 34.8 Å². The normalized spacial score (nSPS) is 27.1. The largest absolute Gasteiger partial charge is 0.311 e. The lowest BCUT2D eigenvalue weighted by Gasteiger charge is -2.33. The van der Waals surface area contributed by atoms with Gasteiger partial charge < -0.3 is 4.90 Å². The minimum atomic E-state index is -0.929. The number of amides is 1. The molecule has 3 rings (SSSR count). The zero-order valence-electron chi connectivity index (χ0n) is 11.5. The number of nitrogens with zero attached hydrogens (tertiary/aromatic N) is 1. The Bertz CT molecular complexity index is 599. The number of carbonyl (C=O) groups excluding carboxylic acids is 1. The molecular weight excluding hydrogens is 317 g/mol. The van der Waals surface area contributed by atoms with E-state index in [1.807, 2.05) is 30.9 Å². The van der Waals surface area contributed by atoms with Crippen molar-refractivity contribution in [2.24, 2.45) is 5.41 Å². The van der Waals surface area contributed by atoms with Crippen LogP contribution in [0.2, 0.25) is 5.02 Å². The van der Waals surface area contributed by atoms with E-state index in [2.05, 4.69) is 0 Å². The highest BCUT2D eigenvalue weighted by Crippen LogP contribution is 2.64. The third-order valence-corrected chi connectivity index (χ3v) is 5.74. The van der Waals surface area contributed by atoms with Gasteiger partial charge in [-0.05, 0) is 56.4 Å². The van der Waals surface area contributed by atoms with E-state index >= 15 is 0 Å². The maximum atomic E-state index is 12.8. The highest BCUT2D eigenvalue weighted by Gasteiger charge is 2.69. The first-order valence-corrected chi connectivity index (χ1v) is 7.88. The highest BCUT2D eigenvalue weighted by atomic mass is 35.5. The molecule has 2 nitrogen and oxygen atoms in total. The molecule has 1 amide bonds. The van der Waals surface area contributed by atoms with E-state index in [1.54, 1.807) is 0 Å². The summed E-state index contributed by atoms with van der Waals surface area (Å²) in [5.41, 5.74) is 2.48. The Morgan fingerprint density at radius 3 is 2.60 bits per heavy atom. The molecular formula is C15H16Cl3NO. The molecule has 1 saturated carbocycles. The molecule has 1 atom stereocenters. The summed E-state index contributed by atoms with van der Waals surface area (Å²) >= 11 is 18.4. The molecule has 108 valence electrons. The van der Waals surface area contributed by atoms with Gasteiger partial charge in [-0.2, -0.15) is 0 Å². The van der Waals surface area contributed by atoms with Crippen LogP contribution >= 0.6 is 34.8 Å². The van der Waals surface area contributed by atoms with Crippen molar-refractivity contribution in [1.29, 1.82) is 0 Å². The fourth-order valence-corrected chi connectivity index (χ4v) is 4.05. The second kappa shape index (κ2) is 4.53. The lowest BCUT2D eigenvalue weighted by molar-refractivity contribution is -0.123. The maximum absolute atomic E-state index is 12.8. The monoisotopic (exact) mass is 331 g/mol. The Morgan fingerprint density at radius 2 is 2.00 bits per heavy atom. The van der Waals surface area contributed by atoms with Gasteiger partial charge in [-0.25, -0.2) is 0 Å². The number of benzene rings is 1. The van der Waals surface area contributed by atoms with Gasteiger partial charge in [0.15, 0.2) is 0 Å². The molecule has 0 N–H and O–H groups in total. The summed E-state index contributed by atoms with van der Waals surface area (Å²) in [5.74, 6) is 0.0221. The quantitative estimate of drug-likeness (QED) is 0.693. The Hall–Kier alpha value is -0.440. The van der Waals surface area contributed by atoms with Gasteiger partial charge in [-0.3, -0.25) is 4.79 Å². The minimum Gasteiger partial charge on any atom is -0.311 e. The molecule has 1 fully saturated rings. The number of hydrogen-bond donors (Lipinski definition) is 0. The summed E-state index contributed by atoms with van der Waals surface area (Å²) in [4.78, 5) is 14.7. The number of rotatable bonds is 1. The average Bonchev–Trinajstić information content (AvgIpc) is 2.87. The third-order valence-electron chi connectivity index (χ3n) is 4.42. The molecule has 1 heterocycles. The first-order chi connectivity index (χ1) is 9.26. The van der Waals surface area contributed by atoms with Gasteiger partial charge in [0.1, 0.15) is 4.33 Å². The number of aryl methyl sites for hydroxylation is 2. The minimum absolute atomic E-state index is 0.0221. The van der Waals surface area contributed by atoms with Gasteiger partial charge in [0.25, 0.3) is 0 Å². The van der Waals surface area contributed by atoms with Crippen molar-refractivity contribution < 1.29 is 4.79 Å². The van der Waals surface area contributed by atoms with Crippen LogP contribution in [-0.4, -0.2) is 16.8 Å². The summed E-state index contributed by atoms with van der Waals surface area (Å²) in [6, 6.07) is 3.85. The van der Waals surface area contributed by atoms with Gasteiger partial charge in [0.2, 0.25) is 5.91 Å². The van der Waals surface area contributed by atoms with E-state index < -0.39 is 9.75 Å². The molecule has 1 aromatic carbocycles. The van der Waals surface area contributed by atoms with Crippen LogP contribution in [0.15, 0.2) is 12.1 Å². The molecule has 1 unspecified atom stereocenters. The van der Waals surface area contributed by atoms with Crippen LogP contribution in [0, 0.1) is 12.3 Å². The zero-order chi connectivity index (χ0) is 14.7. The molecule has 5 heteroatoms. The van der Waals surface area contributed by atoms with Crippen LogP contribution in [-0.2, 0) is 11.2 Å². The van der Waals surface area contributed by atoms with Crippen LogP contribution in [0.4, 0.5) is 5.69 Å². The lowest BCUT2D eigenvalue weighted by atomic mass is 9.96. The molecule has 1 aromatic rings. The summed E-state index contributed by atoms with van der Waals surface area (Å²) in [6.45, 7) is 4.54. The first-order valence-electron chi connectivity index (χ1n) is 6.75. The molecule has 0 saturated heterocycles. The Morgan fingerprint density at radius 1 is 1.35 bits per heavy atom. The molecule has 1 aliphatic heterocycles. The number of anilines is 1. The lowest BCUT2D eigenvalue weighted by Crippen LogP contribution is -2.41. The van der Waals surface area contributed by atoms with Crippen molar-refractivity contribution in [1.82, 2.24) is 0 Å². The van der Waals surface area contributed by atoms with E-state index in [1.165, 1.54) is 0 Å². The number of carbonyl (C=O) groups is 1. The van der Waals surface area contributed by atoms with Gasteiger partial charge in [-0.1, -0.05) is 11.6 Å². The van der Waals surface area contributed by atoms with Crippen LogP contribution in [0.3, 0.4) is 0 Å². The predicted molar refractivity (Wildman–Crippen MR) is 84.0 cm³/mol. The molecule has 0 radical (unpaired) electrons. The van der Waals surface area contributed by atoms with E-state index in [0.717, 1.165) is 34.7 Å². The van der Waals surface area contributed by atoms with Gasteiger partial charge >= 0.3 is 0 Å². The average molecular weight is 333 g/mol. The summed E-state index contributed by atoms with van der Waals surface area (Å²) in [5, 5.41) is 0.720. The van der Waals surface area contributed by atoms with E-state index in [0.29, 0.717) is 13.0 Å². The maximum Gasteiger partial charge on any atom is 0.236 e. The van der Waals surface area contributed by atoms with Crippen LogP contribution in [0.25, 0.3) is 0 Å². The number of halogens is 3. The topological polar surface area (TPSA) is 20.3 Å². The van der Waals surface area contributed by atoms with Crippen molar-refractivity contribution in [2.45, 2.75) is 37.4 Å². The number of alkyl halides is 2. The fourth-order valence-electron chi connectivity index (χ4n) is 3.05. The first kappa shape index (κ1) is 14.5. The Labute approximate surface area is 134 Å². The standard InChI is InChI=1S/C15H16Cl3NO/c1-9-6-11(16)7-10-4-3-5-19(12(9)10)13(20)14(2)8-15(14,17)18/h6-7H,3-5,8H2,1-2H3. The second-order valence-electron chi connectivity index (χ2n) is 6.00. The van der Waals surface area contributed by atoms with Crippen molar-refractivity contribution in [2.75, 3.05) is 11.4 Å². The van der Waals surface area contributed by atoms with Crippen molar-refractivity contribution in [3.63, 3.8) is 0 Å². The van der Waals surface area contributed by atoms with Crippen molar-refractivity contribution >= 4 is 46.4 Å². The Balaban J connectivity index is 2.01. The number of fused-ring (bicyclic) bond motifs is 1. The van der Waals surface area contributed by atoms with E-state index in [9.17, 15) is 4.79 Å². The molecule has 0 aromatic heterocycles. The van der Waals surface area contributed by atoms with Crippen molar-refractivity contribution in [3.05, 3.63) is 28.3 Å².